The van der Waals surface area contributed by atoms with Crippen molar-refractivity contribution in [1.82, 2.24) is 4.90 Å². The van der Waals surface area contributed by atoms with E-state index < -0.39 is 0 Å². The second-order valence-electron chi connectivity index (χ2n) is 6.67. The number of ketones is 1. The highest BCUT2D eigenvalue weighted by Crippen LogP contribution is 2.42. The Labute approximate surface area is 148 Å². The number of carbonyl (C=O) groups excluding carboxylic acids is 1. The maximum Gasteiger partial charge on any atom is 0.232 e. The van der Waals surface area contributed by atoms with Gasteiger partial charge in [0.25, 0.3) is 0 Å². The van der Waals surface area contributed by atoms with E-state index in [1.54, 1.807) is 12.1 Å². The molecule has 3 rings (SSSR count). The maximum atomic E-state index is 12.8. The molecule has 1 aliphatic heterocycles. The number of Topliss-reactive ketones (excluding diaryl/α,β-unsaturated/α-hetero) is 1. The van der Waals surface area contributed by atoms with Crippen LogP contribution in [-0.4, -0.2) is 29.9 Å². The van der Waals surface area contributed by atoms with Crippen LogP contribution in [0.3, 0.4) is 0 Å². The van der Waals surface area contributed by atoms with Gasteiger partial charge in [-0.3, -0.25) is 4.79 Å². The highest BCUT2D eigenvalue weighted by Gasteiger charge is 2.33. The van der Waals surface area contributed by atoms with Crippen molar-refractivity contribution in [2.45, 2.75) is 26.8 Å². The predicted molar refractivity (Wildman–Crippen MR) is 99.0 cm³/mol. The Balaban J connectivity index is 2.02. The van der Waals surface area contributed by atoms with E-state index in [0.717, 1.165) is 17.5 Å². The van der Waals surface area contributed by atoms with E-state index in [1.165, 1.54) is 5.56 Å². The maximum absolute atomic E-state index is 12.8. The van der Waals surface area contributed by atoms with Crippen LogP contribution in [0.2, 0.25) is 0 Å². The standard InChI is InChI=1S/C21H23NO3/c1-5-14-6-8-15(9-7-14)11-18-20(24)19-13(2)10-17(23)16(12-22(3)4)21(19)25-18/h6-11,23H,5,12H2,1-4H3/b18-11-. The van der Waals surface area contributed by atoms with Gasteiger partial charge in [-0.25, -0.2) is 0 Å². The first-order valence-corrected chi connectivity index (χ1v) is 8.44. The second kappa shape index (κ2) is 6.73. The van der Waals surface area contributed by atoms with E-state index in [0.29, 0.717) is 29.2 Å². The monoisotopic (exact) mass is 337 g/mol. The largest absolute Gasteiger partial charge is 0.507 e. The van der Waals surface area contributed by atoms with Gasteiger partial charge in [-0.1, -0.05) is 31.2 Å². The zero-order valence-electron chi connectivity index (χ0n) is 15.1. The fraction of sp³-hybridized carbons (Fsp3) is 0.286. The number of aromatic hydroxyl groups is 1. The lowest BCUT2D eigenvalue weighted by atomic mass is 9.99. The van der Waals surface area contributed by atoms with Gasteiger partial charge < -0.3 is 14.7 Å². The molecule has 0 spiro atoms. The van der Waals surface area contributed by atoms with Crippen LogP contribution in [0.1, 0.15) is 39.5 Å². The number of ether oxygens (including phenoxy) is 1. The molecule has 25 heavy (non-hydrogen) atoms. The Morgan fingerprint density at radius 2 is 1.88 bits per heavy atom. The molecule has 0 aliphatic carbocycles. The van der Waals surface area contributed by atoms with Crippen molar-refractivity contribution in [3.63, 3.8) is 0 Å². The highest BCUT2D eigenvalue weighted by atomic mass is 16.5. The van der Waals surface area contributed by atoms with Crippen LogP contribution >= 0.6 is 0 Å². The molecule has 1 aliphatic rings. The molecule has 1 heterocycles. The van der Waals surface area contributed by atoms with Crippen molar-refractivity contribution >= 4 is 11.9 Å². The van der Waals surface area contributed by atoms with E-state index in [-0.39, 0.29) is 11.5 Å². The third kappa shape index (κ3) is 3.30. The molecular weight excluding hydrogens is 314 g/mol. The molecule has 2 aromatic carbocycles. The van der Waals surface area contributed by atoms with E-state index in [9.17, 15) is 9.90 Å². The molecule has 1 N–H and O–H groups in total. The molecule has 0 saturated heterocycles. The number of allylic oxidation sites excluding steroid dienone is 1. The molecular formula is C21H23NO3. The van der Waals surface area contributed by atoms with Gasteiger partial charge >= 0.3 is 0 Å². The summed E-state index contributed by atoms with van der Waals surface area (Å²) in [5.41, 5.74) is 4.09. The van der Waals surface area contributed by atoms with Crippen LogP contribution in [-0.2, 0) is 13.0 Å². The predicted octanol–water partition coefficient (Wildman–Crippen LogP) is 3.94. The minimum absolute atomic E-state index is 0.132. The Bertz CT molecular complexity index is 848. The number of fused-ring (bicyclic) bond motifs is 1. The summed E-state index contributed by atoms with van der Waals surface area (Å²) < 4.78 is 5.90. The zero-order valence-corrected chi connectivity index (χ0v) is 15.1. The van der Waals surface area contributed by atoms with Gasteiger partial charge in [-0.05, 0) is 56.3 Å². The Kier molecular flexibility index (Phi) is 4.64. The molecule has 2 aromatic rings. The van der Waals surface area contributed by atoms with Gasteiger partial charge in [0.15, 0.2) is 5.76 Å². The summed E-state index contributed by atoms with van der Waals surface area (Å²) in [6.07, 6.45) is 2.74. The lowest BCUT2D eigenvalue weighted by molar-refractivity contribution is 0.101. The molecule has 0 aromatic heterocycles. The molecule has 0 radical (unpaired) electrons. The molecule has 0 amide bonds. The lowest BCUT2D eigenvalue weighted by Gasteiger charge is -2.15. The smallest absolute Gasteiger partial charge is 0.232 e. The molecule has 0 bridgehead atoms. The summed E-state index contributed by atoms with van der Waals surface area (Å²) in [4.78, 5) is 14.7. The fourth-order valence-corrected chi connectivity index (χ4v) is 3.05. The minimum atomic E-state index is -0.132. The summed E-state index contributed by atoms with van der Waals surface area (Å²) in [6, 6.07) is 9.70. The second-order valence-corrected chi connectivity index (χ2v) is 6.67. The zero-order chi connectivity index (χ0) is 18.1. The van der Waals surface area contributed by atoms with Crippen molar-refractivity contribution in [1.29, 1.82) is 0 Å². The van der Waals surface area contributed by atoms with E-state index in [4.69, 9.17) is 4.74 Å². The summed E-state index contributed by atoms with van der Waals surface area (Å²) in [7, 11) is 3.82. The summed E-state index contributed by atoms with van der Waals surface area (Å²) in [5.74, 6) is 0.805. The molecule has 0 unspecified atom stereocenters. The van der Waals surface area contributed by atoms with Crippen molar-refractivity contribution in [3.8, 4) is 11.5 Å². The molecule has 4 nitrogen and oxygen atoms in total. The highest BCUT2D eigenvalue weighted by molar-refractivity contribution is 6.15. The summed E-state index contributed by atoms with van der Waals surface area (Å²) in [6.45, 7) is 4.42. The fourth-order valence-electron chi connectivity index (χ4n) is 3.05. The Hall–Kier alpha value is -2.59. The van der Waals surface area contributed by atoms with E-state index in [2.05, 4.69) is 6.92 Å². The van der Waals surface area contributed by atoms with Gasteiger partial charge in [0, 0.05) is 6.54 Å². The quantitative estimate of drug-likeness (QED) is 0.859. The van der Waals surface area contributed by atoms with E-state index >= 15 is 0 Å². The van der Waals surface area contributed by atoms with Crippen LogP contribution < -0.4 is 4.74 Å². The van der Waals surface area contributed by atoms with Gasteiger partial charge in [-0.15, -0.1) is 0 Å². The lowest BCUT2D eigenvalue weighted by Crippen LogP contribution is -2.12. The molecule has 130 valence electrons. The first kappa shape index (κ1) is 17.2. The van der Waals surface area contributed by atoms with Crippen LogP contribution in [0, 0.1) is 6.92 Å². The van der Waals surface area contributed by atoms with Crippen molar-refractivity contribution in [2.24, 2.45) is 0 Å². The van der Waals surface area contributed by atoms with Gasteiger partial charge in [0.05, 0.1) is 11.1 Å². The van der Waals surface area contributed by atoms with Crippen molar-refractivity contribution in [3.05, 3.63) is 63.9 Å². The first-order valence-electron chi connectivity index (χ1n) is 8.44. The van der Waals surface area contributed by atoms with Gasteiger partial charge in [0.2, 0.25) is 5.78 Å². The number of carbonyl (C=O) groups is 1. The molecule has 4 heteroatoms. The molecule has 0 saturated carbocycles. The van der Waals surface area contributed by atoms with Crippen LogP contribution in [0.5, 0.6) is 11.5 Å². The van der Waals surface area contributed by atoms with Crippen LogP contribution in [0.15, 0.2) is 36.1 Å². The average molecular weight is 337 g/mol. The first-order chi connectivity index (χ1) is 11.9. The number of aryl methyl sites for hydroxylation is 2. The number of benzene rings is 2. The summed E-state index contributed by atoms with van der Waals surface area (Å²) in [5, 5.41) is 10.3. The number of nitrogens with zero attached hydrogens (tertiary/aromatic N) is 1. The average Bonchev–Trinajstić information content (AvgIpc) is 2.89. The van der Waals surface area contributed by atoms with Crippen LogP contribution in [0.25, 0.3) is 6.08 Å². The third-order valence-corrected chi connectivity index (χ3v) is 4.38. The SMILES string of the molecule is CCc1ccc(/C=C2\Oc3c(CN(C)C)c(O)cc(C)c3C2=O)cc1. The topological polar surface area (TPSA) is 49.8 Å². The van der Waals surface area contributed by atoms with Gasteiger partial charge in [-0.2, -0.15) is 0 Å². The number of rotatable bonds is 4. The van der Waals surface area contributed by atoms with Gasteiger partial charge in [0.1, 0.15) is 11.5 Å². The Morgan fingerprint density at radius 1 is 1.20 bits per heavy atom. The summed E-state index contributed by atoms with van der Waals surface area (Å²) >= 11 is 0. The third-order valence-electron chi connectivity index (χ3n) is 4.38. The van der Waals surface area contributed by atoms with E-state index in [1.807, 2.05) is 50.2 Å². The number of phenols is 1. The number of hydrogen-bond donors (Lipinski definition) is 1. The molecule has 0 fully saturated rings. The minimum Gasteiger partial charge on any atom is -0.507 e. The van der Waals surface area contributed by atoms with Crippen molar-refractivity contribution in [2.75, 3.05) is 14.1 Å². The Morgan fingerprint density at radius 3 is 2.48 bits per heavy atom. The molecule has 0 atom stereocenters. The normalized spacial score (nSPS) is 14.9. The van der Waals surface area contributed by atoms with Crippen molar-refractivity contribution < 1.29 is 14.6 Å². The van der Waals surface area contributed by atoms with Crippen LogP contribution in [0.4, 0.5) is 0 Å². The number of phenolic OH excluding ortho intramolecular Hbond substituents is 1. The number of hydrogen-bond acceptors (Lipinski definition) is 4.